The van der Waals surface area contributed by atoms with Crippen LogP contribution in [0.25, 0.3) is 11.0 Å². The molecule has 2 aromatic heterocycles. The molecule has 0 saturated heterocycles. The molecule has 0 fully saturated rings. The second-order valence-electron chi connectivity index (χ2n) is 6.20. The quantitative estimate of drug-likeness (QED) is 0.717. The molecule has 2 heterocycles. The monoisotopic (exact) mass is 285 g/mol. The van der Waals surface area contributed by atoms with Gasteiger partial charge in [-0.1, -0.05) is 13.8 Å². The Bertz CT molecular complexity index is 753. The fourth-order valence-electron chi connectivity index (χ4n) is 2.96. The van der Waals surface area contributed by atoms with Gasteiger partial charge in [-0.05, 0) is 30.5 Å². The van der Waals surface area contributed by atoms with E-state index in [0.717, 1.165) is 29.5 Å². The van der Waals surface area contributed by atoms with E-state index in [1.807, 2.05) is 6.07 Å². The molecular formula is C15H19N5O. The Morgan fingerprint density at radius 2 is 2.05 bits per heavy atom. The van der Waals surface area contributed by atoms with Crippen LogP contribution < -0.4 is 17.2 Å². The number of primary amides is 1. The fraction of sp³-hybridized carbons (Fsp3) is 0.400. The van der Waals surface area contributed by atoms with Gasteiger partial charge in [0.15, 0.2) is 5.65 Å². The molecule has 0 spiro atoms. The van der Waals surface area contributed by atoms with E-state index >= 15 is 0 Å². The summed E-state index contributed by atoms with van der Waals surface area (Å²) in [5.41, 5.74) is 20.0. The predicted molar refractivity (Wildman–Crippen MR) is 81.8 cm³/mol. The van der Waals surface area contributed by atoms with Gasteiger partial charge in [-0.15, -0.1) is 0 Å². The number of aryl methyl sites for hydroxylation is 1. The summed E-state index contributed by atoms with van der Waals surface area (Å²) < 4.78 is 0. The molecule has 1 unspecified atom stereocenters. The van der Waals surface area contributed by atoms with E-state index in [9.17, 15) is 4.79 Å². The molecule has 1 atom stereocenters. The molecule has 1 aliphatic carbocycles. The Hall–Kier alpha value is -2.21. The van der Waals surface area contributed by atoms with Crippen LogP contribution in [0.15, 0.2) is 12.1 Å². The van der Waals surface area contributed by atoms with Crippen molar-refractivity contribution in [3.8, 4) is 0 Å². The standard InChI is InChI=1S/C15H19N5O/c1-15(2)10(16)4-3-7-5-8-6-9(13(18)21)12(17)20-14(8)19-11(7)15/h5-6,10H,3-4,16H2,1-2H3,(H2,18,21)(H2,17,19,20). The van der Waals surface area contributed by atoms with Crippen LogP contribution in [-0.4, -0.2) is 21.9 Å². The van der Waals surface area contributed by atoms with Crippen LogP contribution in [0, 0.1) is 0 Å². The summed E-state index contributed by atoms with van der Waals surface area (Å²) in [4.78, 5) is 20.2. The van der Waals surface area contributed by atoms with Crippen molar-refractivity contribution >= 4 is 22.8 Å². The maximum atomic E-state index is 11.4. The zero-order valence-corrected chi connectivity index (χ0v) is 12.2. The van der Waals surface area contributed by atoms with Gasteiger partial charge in [0.05, 0.1) is 11.3 Å². The summed E-state index contributed by atoms with van der Waals surface area (Å²) in [7, 11) is 0. The van der Waals surface area contributed by atoms with E-state index in [2.05, 4.69) is 23.8 Å². The predicted octanol–water partition coefficient (Wildman–Crippen LogP) is 0.862. The van der Waals surface area contributed by atoms with Gasteiger partial charge in [-0.3, -0.25) is 4.79 Å². The van der Waals surface area contributed by atoms with Crippen LogP contribution in [-0.2, 0) is 11.8 Å². The van der Waals surface area contributed by atoms with E-state index in [-0.39, 0.29) is 22.8 Å². The first-order valence-electron chi connectivity index (χ1n) is 6.96. The summed E-state index contributed by atoms with van der Waals surface area (Å²) in [6, 6.07) is 3.75. The minimum atomic E-state index is -0.582. The summed E-state index contributed by atoms with van der Waals surface area (Å²) in [6.45, 7) is 4.19. The molecule has 0 aliphatic heterocycles. The SMILES string of the molecule is CC1(C)c2nc3nc(N)c(C(N)=O)cc3cc2CCC1N. The number of aromatic nitrogens is 2. The molecular weight excluding hydrogens is 266 g/mol. The highest BCUT2D eigenvalue weighted by molar-refractivity contribution is 6.00. The Kier molecular flexibility index (Phi) is 2.88. The summed E-state index contributed by atoms with van der Waals surface area (Å²) in [5.74, 6) is -0.470. The van der Waals surface area contributed by atoms with Gasteiger partial charge in [0.2, 0.25) is 0 Å². The average molecular weight is 285 g/mol. The van der Waals surface area contributed by atoms with Crippen LogP contribution in [0.1, 0.15) is 41.9 Å². The number of carbonyl (C=O) groups excluding carboxylic acids is 1. The van der Waals surface area contributed by atoms with Crippen molar-refractivity contribution in [1.29, 1.82) is 0 Å². The highest BCUT2D eigenvalue weighted by atomic mass is 16.1. The second-order valence-corrected chi connectivity index (χ2v) is 6.20. The van der Waals surface area contributed by atoms with Crippen LogP contribution >= 0.6 is 0 Å². The molecule has 1 amide bonds. The lowest BCUT2D eigenvalue weighted by atomic mass is 9.72. The number of fused-ring (bicyclic) bond motifs is 2. The maximum absolute atomic E-state index is 11.4. The fourth-order valence-corrected chi connectivity index (χ4v) is 2.96. The molecule has 0 radical (unpaired) electrons. The third-order valence-corrected chi connectivity index (χ3v) is 4.44. The summed E-state index contributed by atoms with van der Waals surface area (Å²) >= 11 is 0. The number of anilines is 1. The summed E-state index contributed by atoms with van der Waals surface area (Å²) in [5, 5.41) is 0.781. The largest absolute Gasteiger partial charge is 0.383 e. The van der Waals surface area contributed by atoms with Crippen molar-refractivity contribution in [2.75, 3.05) is 5.73 Å². The van der Waals surface area contributed by atoms with Crippen LogP contribution in [0.5, 0.6) is 0 Å². The zero-order chi connectivity index (χ0) is 15.4. The number of amides is 1. The van der Waals surface area contributed by atoms with Gasteiger partial charge in [0, 0.05) is 16.8 Å². The summed E-state index contributed by atoms with van der Waals surface area (Å²) in [6.07, 6.45) is 1.79. The number of nitrogens with two attached hydrogens (primary N) is 3. The lowest BCUT2D eigenvalue weighted by Crippen LogP contribution is -2.45. The van der Waals surface area contributed by atoms with E-state index in [4.69, 9.17) is 17.2 Å². The average Bonchev–Trinajstić information content (AvgIpc) is 2.41. The molecule has 0 bridgehead atoms. The van der Waals surface area contributed by atoms with Crippen molar-refractivity contribution < 1.29 is 4.79 Å². The van der Waals surface area contributed by atoms with Gasteiger partial charge in [0.25, 0.3) is 5.91 Å². The Balaban J connectivity index is 2.27. The lowest BCUT2D eigenvalue weighted by Gasteiger charge is -2.37. The van der Waals surface area contributed by atoms with E-state index in [0.29, 0.717) is 5.65 Å². The van der Waals surface area contributed by atoms with E-state index < -0.39 is 5.91 Å². The Morgan fingerprint density at radius 1 is 1.33 bits per heavy atom. The third-order valence-electron chi connectivity index (χ3n) is 4.44. The number of hydrogen-bond donors (Lipinski definition) is 3. The molecule has 1 aliphatic rings. The molecule has 0 saturated carbocycles. The number of nitrogen functional groups attached to an aromatic ring is 1. The smallest absolute Gasteiger partial charge is 0.252 e. The van der Waals surface area contributed by atoms with E-state index in [1.54, 1.807) is 6.07 Å². The molecule has 6 nitrogen and oxygen atoms in total. The third kappa shape index (κ3) is 2.03. The van der Waals surface area contributed by atoms with Crippen LogP contribution in [0.3, 0.4) is 0 Å². The highest BCUT2D eigenvalue weighted by Crippen LogP contribution is 2.36. The Morgan fingerprint density at radius 3 is 2.71 bits per heavy atom. The lowest BCUT2D eigenvalue weighted by molar-refractivity contribution is 0.100. The highest BCUT2D eigenvalue weighted by Gasteiger charge is 2.36. The number of carbonyl (C=O) groups is 1. The minimum Gasteiger partial charge on any atom is -0.383 e. The second kappa shape index (κ2) is 4.39. The van der Waals surface area contributed by atoms with Gasteiger partial charge in [0.1, 0.15) is 5.82 Å². The van der Waals surface area contributed by atoms with Crippen molar-refractivity contribution in [1.82, 2.24) is 9.97 Å². The van der Waals surface area contributed by atoms with Crippen LogP contribution in [0.2, 0.25) is 0 Å². The number of hydrogen-bond acceptors (Lipinski definition) is 5. The molecule has 110 valence electrons. The number of pyridine rings is 2. The molecule has 2 aromatic rings. The zero-order valence-electron chi connectivity index (χ0n) is 12.2. The van der Waals surface area contributed by atoms with Crippen LogP contribution in [0.4, 0.5) is 5.82 Å². The number of nitrogens with zero attached hydrogens (tertiary/aromatic N) is 2. The van der Waals surface area contributed by atoms with Crippen molar-refractivity contribution in [3.63, 3.8) is 0 Å². The van der Waals surface area contributed by atoms with Gasteiger partial charge in [-0.2, -0.15) is 0 Å². The molecule has 6 heteroatoms. The first kappa shape index (κ1) is 13.8. The van der Waals surface area contributed by atoms with Gasteiger partial charge < -0.3 is 17.2 Å². The van der Waals surface area contributed by atoms with E-state index in [1.165, 1.54) is 0 Å². The van der Waals surface area contributed by atoms with Crippen molar-refractivity contribution in [2.45, 2.75) is 38.1 Å². The van der Waals surface area contributed by atoms with Crippen molar-refractivity contribution in [2.24, 2.45) is 11.5 Å². The number of rotatable bonds is 1. The Labute approximate surface area is 122 Å². The molecule has 6 N–H and O–H groups in total. The first-order valence-corrected chi connectivity index (χ1v) is 6.96. The molecule has 3 rings (SSSR count). The van der Waals surface area contributed by atoms with Gasteiger partial charge in [-0.25, -0.2) is 9.97 Å². The van der Waals surface area contributed by atoms with Gasteiger partial charge >= 0.3 is 0 Å². The topological polar surface area (TPSA) is 121 Å². The van der Waals surface area contributed by atoms with Crippen molar-refractivity contribution in [3.05, 3.63) is 29.0 Å². The first-order chi connectivity index (χ1) is 9.80. The molecule has 0 aromatic carbocycles. The maximum Gasteiger partial charge on any atom is 0.252 e. The molecule has 21 heavy (non-hydrogen) atoms. The minimum absolute atomic E-state index is 0.0668. The normalized spacial score (nSPS) is 20.2.